The van der Waals surface area contributed by atoms with E-state index in [1.165, 1.54) is 0 Å². The van der Waals surface area contributed by atoms with Gasteiger partial charge in [0, 0.05) is 18.7 Å². The second-order valence-corrected chi connectivity index (χ2v) is 3.28. The van der Waals surface area contributed by atoms with Gasteiger partial charge in [-0.05, 0) is 0 Å². The number of aldehydes is 1. The number of hydrogen-bond donors (Lipinski definition) is 0. The lowest BCUT2D eigenvalue weighted by atomic mass is 10.2. The van der Waals surface area contributed by atoms with Crippen LogP contribution in [0.2, 0.25) is 0 Å². The van der Waals surface area contributed by atoms with Gasteiger partial charge in [-0.3, -0.25) is 9.59 Å². The summed E-state index contributed by atoms with van der Waals surface area (Å²) in [5.74, 6) is 0. The van der Waals surface area contributed by atoms with Crippen molar-refractivity contribution < 1.29 is 14.3 Å². The molecule has 1 aromatic rings. The SMILES string of the molecule is O=CN1CCOCC1.O=Cc1ccccc1. The van der Waals surface area contributed by atoms with E-state index in [1.807, 2.05) is 18.2 Å². The molecule has 1 aromatic carbocycles. The molecule has 0 saturated carbocycles. The molecule has 1 saturated heterocycles. The fourth-order valence-electron chi connectivity index (χ4n) is 1.21. The molecular formula is C12H15NO3. The van der Waals surface area contributed by atoms with Gasteiger partial charge in [-0.2, -0.15) is 0 Å². The average Bonchev–Trinajstić information content (AvgIpc) is 2.41. The van der Waals surface area contributed by atoms with E-state index in [1.54, 1.807) is 17.0 Å². The molecule has 1 aliphatic heterocycles. The summed E-state index contributed by atoms with van der Waals surface area (Å²) in [6.45, 7) is 2.89. The summed E-state index contributed by atoms with van der Waals surface area (Å²) < 4.78 is 5.00. The molecule has 0 bridgehead atoms. The minimum absolute atomic E-state index is 0.693. The van der Waals surface area contributed by atoms with Crippen molar-refractivity contribution in [2.75, 3.05) is 26.3 Å². The maximum atomic E-state index is 10.0. The van der Waals surface area contributed by atoms with Crippen molar-refractivity contribution in [3.8, 4) is 0 Å². The lowest BCUT2D eigenvalue weighted by Gasteiger charge is -2.21. The largest absolute Gasteiger partial charge is 0.378 e. The van der Waals surface area contributed by atoms with Crippen molar-refractivity contribution in [1.29, 1.82) is 0 Å². The highest BCUT2D eigenvalue weighted by Crippen LogP contribution is 1.91. The molecule has 1 amide bonds. The normalized spacial score (nSPS) is 14.6. The Morgan fingerprint density at radius 2 is 1.69 bits per heavy atom. The molecule has 0 N–H and O–H groups in total. The van der Waals surface area contributed by atoms with Gasteiger partial charge in [0.15, 0.2) is 0 Å². The van der Waals surface area contributed by atoms with Crippen LogP contribution in [0.25, 0.3) is 0 Å². The molecule has 0 spiro atoms. The van der Waals surface area contributed by atoms with Crippen molar-refractivity contribution in [3.05, 3.63) is 35.9 Å². The zero-order valence-corrected chi connectivity index (χ0v) is 9.04. The van der Waals surface area contributed by atoms with Gasteiger partial charge in [0.05, 0.1) is 13.2 Å². The smallest absolute Gasteiger partial charge is 0.209 e. The highest BCUT2D eigenvalue weighted by molar-refractivity contribution is 5.74. The van der Waals surface area contributed by atoms with E-state index < -0.39 is 0 Å². The number of rotatable bonds is 2. The lowest BCUT2D eigenvalue weighted by molar-refractivity contribution is -0.121. The maximum absolute atomic E-state index is 10.0. The van der Waals surface area contributed by atoms with E-state index in [0.717, 1.165) is 31.3 Å². The number of benzene rings is 1. The number of nitrogens with zero attached hydrogens (tertiary/aromatic N) is 1. The van der Waals surface area contributed by atoms with Gasteiger partial charge in [-0.1, -0.05) is 30.3 Å². The van der Waals surface area contributed by atoms with E-state index in [9.17, 15) is 9.59 Å². The number of morpholine rings is 1. The third-order valence-corrected chi connectivity index (χ3v) is 2.13. The Balaban J connectivity index is 0.000000160. The van der Waals surface area contributed by atoms with Crippen molar-refractivity contribution in [2.45, 2.75) is 0 Å². The number of carbonyl (C=O) groups excluding carboxylic acids is 2. The minimum Gasteiger partial charge on any atom is -0.378 e. The monoisotopic (exact) mass is 221 g/mol. The Kier molecular flexibility index (Phi) is 5.88. The second-order valence-electron chi connectivity index (χ2n) is 3.28. The Bertz CT molecular complexity index is 307. The van der Waals surface area contributed by atoms with Crippen molar-refractivity contribution in [1.82, 2.24) is 4.90 Å². The van der Waals surface area contributed by atoms with Gasteiger partial charge < -0.3 is 9.64 Å². The molecular weight excluding hydrogens is 206 g/mol. The first-order valence-electron chi connectivity index (χ1n) is 5.14. The highest BCUT2D eigenvalue weighted by atomic mass is 16.5. The van der Waals surface area contributed by atoms with Crippen molar-refractivity contribution in [2.24, 2.45) is 0 Å². The van der Waals surface area contributed by atoms with E-state index in [0.29, 0.717) is 13.2 Å². The van der Waals surface area contributed by atoms with Gasteiger partial charge in [-0.15, -0.1) is 0 Å². The van der Waals surface area contributed by atoms with E-state index in [-0.39, 0.29) is 0 Å². The van der Waals surface area contributed by atoms with Gasteiger partial charge in [-0.25, -0.2) is 0 Å². The first kappa shape index (κ1) is 12.4. The van der Waals surface area contributed by atoms with Crippen LogP contribution in [0.1, 0.15) is 10.4 Å². The van der Waals surface area contributed by atoms with Crippen LogP contribution >= 0.6 is 0 Å². The van der Waals surface area contributed by atoms with Crippen LogP contribution in [0.4, 0.5) is 0 Å². The van der Waals surface area contributed by atoms with Crippen LogP contribution < -0.4 is 0 Å². The molecule has 0 radical (unpaired) electrons. The topological polar surface area (TPSA) is 46.6 Å². The molecule has 0 unspecified atom stereocenters. The standard InChI is InChI=1S/C7H6O.C5H9NO2/c8-6-7-4-2-1-3-5-7;7-5-6-1-3-8-4-2-6/h1-6H;5H,1-4H2. The summed E-state index contributed by atoms with van der Waals surface area (Å²) in [7, 11) is 0. The summed E-state index contributed by atoms with van der Waals surface area (Å²) in [5.41, 5.74) is 0.729. The van der Waals surface area contributed by atoms with E-state index >= 15 is 0 Å². The number of carbonyl (C=O) groups is 2. The molecule has 4 heteroatoms. The van der Waals surface area contributed by atoms with Gasteiger partial charge in [0.25, 0.3) is 0 Å². The van der Waals surface area contributed by atoms with Crippen LogP contribution in [-0.2, 0) is 9.53 Å². The maximum Gasteiger partial charge on any atom is 0.209 e. The summed E-state index contributed by atoms with van der Waals surface area (Å²) in [5, 5.41) is 0. The quantitative estimate of drug-likeness (QED) is 0.699. The second kappa shape index (κ2) is 7.59. The highest BCUT2D eigenvalue weighted by Gasteiger charge is 2.05. The summed E-state index contributed by atoms with van der Waals surface area (Å²) in [6, 6.07) is 9.10. The molecule has 2 rings (SSSR count). The molecule has 1 aliphatic rings. The van der Waals surface area contributed by atoms with Crippen molar-refractivity contribution in [3.63, 3.8) is 0 Å². The zero-order valence-electron chi connectivity index (χ0n) is 9.04. The van der Waals surface area contributed by atoms with E-state index in [2.05, 4.69) is 0 Å². The third kappa shape index (κ3) is 4.70. The third-order valence-electron chi connectivity index (χ3n) is 2.13. The summed E-state index contributed by atoms with van der Waals surface area (Å²) >= 11 is 0. The fraction of sp³-hybridized carbons (Fsp3) is 0.333. The van der Waals surface area contributed by atoms with Crippen LogP contribution in [0.5, 0.6) is 0 Å². The predicted molar refractivity (Wildman–Crippen MR) is 60.3 cm³/mol. The van der Waals surface area contributed by atoms with Gasteiger partial charge in [0.1, 0.15) is 6.29 Å². The Hall–Kier alpha value is -1.68. The molecule has 0 aromatic heterocycles. The molecule has 1 fully saturated rings. The van der Waals surface area contributed by atoms with Crippen LogP contribution in [-0.4, -0.2) is 43.9 Å². The van der Waals surface area contributed by atoms with Crippen LogP contribution in [0.15, 0.2) is 30.3 Å². The summed E-state index contributed by atoms with van der Waals surface area (Å²) in [6.07, 6.45) is 1.70. The number of hydrogen-bond acceptors (Lipinski definition) is 3. The summed E-state index contributed by atoms with van der Waals surface area (Å²) in [4.78, 5) is 21.7. The molecule has 16 heavy (non-hydrogen) atoms. The Labute approximate surface area is 94.8 Å². The number of amides is 1. The van der Waals surface area contributed by atoms with E-state index in [4.69, 9.17) is 4.74 Å². The Morgan fingerprint density at radius 3 is 2.06 bits per heavy atom. The number of ether oxygens (including phenoxy) is 1. The van der Waals surface area contributed by atoms with Gasteiger partial charge in [0.2, 0.25) is 6.41 Å². The lowest BCUT2D eigenvalue weighted by Crippen LogP contribution is -2.34. The molecule has 4 nitrogen and oxygen atoms in total. The van der Waals surface area contributed by atoms with Gasteiger partial charge >= 0.3 is 0 Å². The molecule has 86 valence electrons. The first-order valence-corrected chi connectivity index (χ1v) is 5.14. The molecule has 1 heterocycles. The fourth-order valence-corrected chi connectivity index (χ4v) is 1.21. The predicted octanol–water partition coefficient (Wildman–Crippen LogP) is 0.974. The minimum atomic E-state index is 0.693. The first-order chi connectivity index (χ1) is 7.86. The average molecular weight is 221 g/mol. The molecule has 0 atom stereocenters. The molecule has 0 aliphatic carbocycles. The van der Waals surface area contributed by atoms with Crippen LogP contribution in [0, 0.1) is 0 Å². The van der Waals surface area contributed by atoms with Crippen molar-refractivity contribution >= 4 is 12.7 Å². The van der Waals surface area contributed by atoms with Crippen LogP contribution in [0.3, 0.4) is 0 Å². The zero-order chi connectivity index (χ0) is 11.6. The Morgan fingerprint density at radius 1 is 1.06 bits per heavy atom.